The average Bonchev–Trinajstić information content (AvgIpc) is 3.10. The van der Waals surface area contributed by atoms with Crippen LogP contribution in [0.4, 0.5) is 5.69 Å². The number of rotatable bonds is 3. The molecule has 1 aromatic rings. The van der Waals surface area contributed by atoms with Gasteiger partial charge in [0.15, 0.2) is 0 Å². The molecule has 0 radical (unpaired) electrons. The van der Waals surface area contributed by atoms with Gasteiger partial charge in [-0.25, -0.2) is 13.1 Å². The fraction of sp³-hybridized carbons (Fsp3) is 0.500. The predicted octanol–water partition coefficient (Wildman–Crippen LogP) is 1.17. The maximum atomic E-state index is 12.6. The number of nitrogens with one attached hydrogen (secondary N) is 1. The van der Waals surface area contributed by atoms with E-state index in [1.54, 1.807) is 19.2 Å². The largest absolute Gasteiger partial charge is 0.307 e. The summed E-state index contributed by atoms with van der Waals surface area (Å²) in [6, 6.07) is 4.89. The van der Waals surface area contributed by atoms with Crippen molar-refractivity contribution in [3.63, 3.8) is 0 Å². The van der Waals surface area contributed by atoms with Gasteiger partial charge in [-0.15, -0.1) is 0 Å². The van der Waals surface area contributed by atoms with Crippen molar-refractivity contribution in [1.82, 2.24) is 9.62 Å². The highest BCUT2D eigenvalue weighted by Crippen LogP contribution is 2.37. The zero-order chi connectivity index (χ0) is 17.3. The van der Waals surface area contributed by atoms with Crippen LogP contribution in [0.3, 0.4) is 0 Å². The van der Waals surface area contributed by atoms with Crippen LogP contribution < -0.4 is 9.62 Å². The zero-order valence-electron chi connectivity index (χ0n) is 13.9. The minimum absolute atomic E-state index is 0.128. The summed E-state index contributed by atoms with van der Waals surface area (Å²) in [6.45, 7) is 4.53. The quantitative estimate of drug-likeness (QED) is 0.889. The second-order valence-corrected chi connectivity index (χ2v) is 8.75. The molecule has 7 nitrogen and oxygen atoms in total. The summed E-state index contributed by atoms with van der Waals surface area (Å²) in [5.74, 6) is 0.392. The molecule has 0 spiro atoms. The fourth-order valence-corrected chi connectivity index (χ4v) is 4.68. The third-order valence-electron chi connectivity index (χ3n) is 4.91. The van der Waals surface area contributed by atoms with Crippen molar-refractivity contribution in [3.8, 4) is 0 Å². The number of aliphatic imine (C=N–C) groups is 1. The van der Waals surface area contributed by atoms with Crippen molar-refractivity contribution in [1.29, 1.82) is 0 Å². The normalized spacial score (nSPS) is 24.5. The second kappa shape index (κ2) is 4.80. The molecule has 1 aromatic carbocycles. The highest BCUT2D eigenvalue weighted by Gasteiger charge is 2.42. The van der Waals surface area contributed by atoms with Crippen molar-refractivity contribution in [3.05, 3.63) is 23.8 Å². The summed E-state index contributed by atoms with van der Waals surface area (Å²) >= 11 is 0. The maximum Gasteiger partial charge on any atom is 0.262 e. The van der Waals surface area contributed by atoms with Gasteiger partial charge in [-0.2, -0.15) is 0 Å². The molecule has 24 heavy (non-hydrogen) atoms. The summed E-state index contributed by atoms with van der Waals surface area (Å²) in [4.78, 5) is 20.7. The van der Waals surface area contributed by atoms with Crippen molar-refractivity contribution in [2.45, 2.75) is 43.2 Å². The molecule has 0 bridgehead atoms. The average molecular weight is 348 g/mol. The van der Waals surface area contributed by atoms with E-state index in [2.05, 4.69) is 9.71 Å². The SMILES string of the molecule is C[C@@H]1CN=C2N(C)C(=O)c3cc(S(=O)(=O)NC4(C)CC4)ccc3N21. The van der Waals surface area contributed by atoms with Crippen LogP contribution in [0.25, 0.3) is 0 Å². The summed E-state index contributed by atoms with van der Waals surface area (Å²) < 4.78 is 27.9. The van der Waals surface area contributed by atoms with Gasteiger partial charge in [0.1, 0.15) is 0 Å². The van der Waals surface area contributed by atoms with Crippen LogP contribution in [0.15, 0.2) is 28.1 Å². The first-order chi connectivity index (χ1) is 11.2. The minimum Gasteiger partial charge on any atom is -0.307 e. The number of nitrogens with zero attached hydrogens (tertiary/aromatic N) is 3. The maximum absolute atomic E-state index is 12.6. The second-order valence-electron chi connectivity index (χ2n) is 7.07. The Hall–Kier alpha value is -1.93. The summed E-state index contributed by atoms with van der Waals surface area (Å²) in [6.07, 6.45) is 1.67. The summed E-state index contributed by atoms with van der Waals surface area (Å²) in [5.41, 5.74) is 0.770. The number of benzene rings is 1. The molecule has 2 aliphatic heterocycles. The van der Waals surface area contributed by atoms with Crippen LogP contribution in [0.5, 0.6) is 0 Å². The molecule has 1 aliphatic carbocycles. The van der Waals surface area contributed by atoms with Crippen molar-refractivity contribution < 1.29 is 13.2 Å². The topological polar surface area (TPSA) is 82.1 Å². The molecule has 1 atom stereocenters. The van der Waals surface area contributed by atoms with Crippen LogP contribution in [0.1, 0.15) is 37.0 Å². The first-order valence-electron chi connectivity index (χ1n) is 8.02. The Morgan fingerprint density at radius 3 is 2.71 bits per heavy atom. The molecule has 3 aliphatic rings. The van der Waals surface area contributed by atoms with E-state index < -0.39 is 10.0 Å². The number of fused-ring (bicyclic) bond motifs is 3. The van der Waals surface area contributed by atoms with Crippen molar-refractivity contribution in [2.24, 2.45) is 4.99 Å². The zero-order valence-corrected chi connectivity index (χ0v) is 14.7. The molecule has 4 rings (SSSR count). The van der Waals surface area contributed by atoms with E-state index >= 15 is 0 Å². The smallest absolute Gasteiger partial charge is 0.262 e. The van der Waals surface area contributed by atoms with Crippen LogP contribution >= 0.6 is 0 Å². The molecule has 1 amide bonds. The third-order valence-corrected chi connectivity index (χ3v) is 6.54. The van der Waals surface area contributed by atoms with E-state index in [0.717, 1.165) is 18.5 Å². The van der Waals surface area contributed by atoms with Gasteiger partial charge >= 0.3 is 0 Å². The number of carbonyl (C=O) groups excluding carboxylic acids is 1. The van der Waals surface area contributed by atoms with E-state index in [0.29, 0.717) is 18.1 Å². The number of carbonyl (C=O) groups is 1. The molecule has 8 heteroatoms. The van der Waals surface area contributed by atoms with Gasteiger partial charge < -0.3 is 4.90 Å². The van der Waals surface area contributed by atoms with E-state index in [9.17, 15) is 13.2 Å². The monoisotopic (exact) mass is 348 g/mol. The van der Waals surface area contributed by atoms with Crippen LogP contribution in [-0.2, 0) is 10.0 Å². The highest BCUT2D eigenvalue weighted by atomic mass is 32.2. The number of anilines is 1. The Balaban J connectivity index is 1.78. The highest BCUT2D eigenvalue weighted by molar-refractivity contribution is 7.89. The molecule has 1 saturated carbocycles. The van der Waals surface area contributed by atoms with Crippen molar-refractivity contribution >= 4 is 27.6 Å². The van der Waals surface area contributed by atoms with E-state index in [4.69, 9.17) is 0 Å². The van der Waals surface area contributed by atoms with Crippen LogP contribution in [-0.4, -0.2) is 50.4 Å². The molecular weight excluding hydrogens is 328 g/mol. The van der Waals surface area contributed by atoms with E-state index in [1.807, 2.05) is 18.7 Å². The minimum atomic E-state index is -3.63. The van der Waals surface area contributed by atoms with Crippen LogP contribution in [0.2, 0.25) is 0 Å². The Labute approximate surface area is 141 Å². The summed E-state index contributed by atoms with van der Waals surface area (Å²) in [5, 5.41) is 0. The molecule has 1 fully saturated rings. The molecule has 2 heterocycles. The number of amides is 1. The van der Waals surface area contributed by atoms with E-state index in [1.165, 1.54) is 11.0 Å². The van der Waals surface area contributed by atoms with Gasteiger partial charge in [0.2, 0.25) is 16.0 Å². The first kappa shape index (κ1) is 15.6. The fourth-order valence-electron chi connectivity index (χ4n) is 3.19. The van der Waals surface area contributed by atoms with Crippen molar-refractivity contribution in [2.75, 3.05) is 18.5 Å². The predicted molar refractivity (Wildman–Crippen MR) is 90.7 cm³/mol. The Kier molecular flexibility index (Phi) is 3.11. The molecule has 0 aromatic heterocycles. The number of hydrogen-bond acceptors (Lipinski definition) is 5. The molecule has 0 unspecified atom stereocenters. The van der Waals surface area contributed by atoms with Gasteiger partial charge in [0.25, 0.3) is 5.91 Å². The molecular formula is C16H20N4O3S. The lowest BCUT2D eigenvalue weighted by Crippen LogP contribution is -2.50. The standard InChI is InChI=1S/C16H20N4O3S/c1-10-9-17-15-19(3)14(21)12-8-11(4-5-13(12)20(10)15)24(22,23)18-16(2)6-7-16/h4-5,8,10,18H,6-7,9H2,1-3H3/t10-/m1/s1. The Bertz CT molecular complexity index is 873. The Morgan fingerprint density at radius 2 is 2.04 bits per heavy atom. The number of sulfonamides is 1. The molecule has 128 valence electrons. The Morgan fingerprint density at radius 1 is 1.33 bits per heavy atom. The van der Waals surface area contributed by atoms with Gasteiger partial charge in [-0.3, -0.25) is 14.7 Å². The molecule has 0 saturated heterocycles. The number of hydrogen-bond donors (Lipinski definition) is 1. The lowest BCUT2D eigenvalue weighted by Gasteiger charge is -2.36. The van der Waals surface area contributed by atoms with E-state index in [-0.39, 0.29) is 22.4 Å². The third kappa shape index (κ3) is 2.24. The molecule has 1 N–H and O–H groups in total. The number of guanidine groups is 1. The van der Waals surface area contributed by atoms with Gasteiger partial charge in [-0.1, -0.05) is 0 Å². The van der Waals surface area contributed by atoms with Gasteiger partial charge in [-0.05, 0) is 44.9 Å². The lowest BCUT2D eigenvalue weighted by molar-refractivity contribution is 0.0865. The summed E-state index contributed by atoms with van der Waals surface area (Å²) in [7, 11) is -1.97. The lowest BCUT2D eigenvalue weighted by atomic mass is 10.1. The van der Waals surface area contributed by atoms with Crippen LogP contribution in [0, 0.1) is 0 Å². The first-order valence-corrected chi connectivity index (χ1v) is 9.50. The van der Waals surface area contributed by atoms with Gasteiger partial charge in [0.05, 0.1) is 28.7 Å². The van der Waals surface area contributed by atoms with Gasteiger partial charge in [0, 0.05) is 12.6 Å².